The van der Waals surface area contributed by atoms with Crippen molar-refractivity contribution >= 4 is 11.6 Å². The second-order valence-corrected chi connectivity index (χ2v) is 4.52. The van der Waals surface area contributed by atoms with E-state index in [9.17, 15) is 9.90 Å². The summed E-state index contributed by atoms with van der Waals surface area (Å²) in [5.74, 6) is -0.141. The quantitative estimate of drug-likeness (QED) is 0.709. The number of pyridine rings is 1. The molecule has 1 aromatic carbocycles. The number of benzene rings is 1. The minimum absolute atomic E-state index is 0.141. The SMILES string of the molecule is Nc1ccc(CC(=O)NC[C@H](O)c2cccnc2)cc1. The highest BCUT2D eigenvalue weighted by Gasteiger charge is 2.09. The predicted molar refractivity (Wildman–Crippen MR) is 76.8 cm³/mol. The smallest absolute Gasteiger partial charge is 0.224 e. The summed E-state index contributed by atoms with van der Waals surface area (Å²) in [6.07, 6.45) is 2.73. The van der Waals surface area contributed by atoms with Crippen molar-refractivity contribution in [3.8, 4) is 0 Å². The molecule has 0 aliphatic heterocycles. The van der Waals surface area contributed by atoms with Gasteiger partial charge in [-0.2, -0.15) is 0 Å². The van der Waals surface area contributed by atoms with Gasteiger partial charge in [0.15, 0.2) is 0 Å². The van der Waals surface area contributed by atoms with Crippen molar-refractivity contribution in [2.24, 2.45) is 0 Å². The van der Waals surface area contributed by atoms with E-state index in [2.05, 4.69) is 10.3 Å². The molecule has 1 atom stereocenters. The van der Waals surface area contributed by atoms with Crippen LogP contribution in [0.3, 0.4) is 0 Å². The van der Waals surface area contributed by atoms with E-state index in [0.29, 0.717) is 11.3 Å². The first-order chi connectivity index (χ1) is 9.65. The van der Waals surface area contributed by atoms with Crippen LogP contribution in [0.5, 0.6) is 0 Å². The summed E-state index contributed by atoms with van der Waals surface area (Å²) in [5, 5.41) is 12.6. The topological polar surface area (TPSA) is 88.2 Å². The molecule has 0 saturated heterocycles. The molecule has 20 heavy (non-hydrogen) atoms. The first kappa shape index (κ1) is 14.0. The molecule has 0 aliphatic rings. The van der Waals surface area contributed by atoms with E-state index >= 15 is 0 Å². The molecule has 0 saturated carbocycles. The number of carbonyl (C=O) groups is 1. The number of nitrogens with one attached hydrogen (secondary N) is 1. The van der Waals surface area contributed by atoms with Crippen LogP contribution in [-0.2, 0) is 11.2 Å². The number of nitrogen functional groups attached to an aromatic ring is 1. The fourth-order valence-electron chi connectivity index (χ4n) is 1.78. The summed E-state index contributed by atoms with van der Waals surface area (Å²) in [4.78, 5) is 15.7. The van der Waals surface area contributed by atoms with Gasteiger partial charge >= 0.3 is 0 Å². The van der Waals surface area contributed by atoms with E-state index in [-0.39, 0.29) is 18.9 Å². The number of anilines is 1. The number of hydrogen-bond donors (Lipinski definition) is 3. The maximum Gasteiger partial charge on any atom is 0.224 e. The van der Waals surface area contributed by atoms with Crippen LogP contribution in [0.25, 0.3) is 0 Å². The third kappa shape index (κ3) is 4.07. The Balaban J connectivity index is 1.82. The molecule has 0 fully saturated rings. The maximum absolute atomic E-state index is 11.8. The molecule has 2 aromatic rings. The average Bonchev–Trinajstić information content (AvgIpc) is 2.48. The maximum atomic E-state index is 11.8. The molecule has 104 valence electrons. The highest BCUT2D eigenvalue weighted by Crippen LogP contribution is 2.09. The Morgan fingerprint density at radius 2 is 2.05 bits per heavy atom. The van der Waals surface area contributed by atoms with Gasteiger partial charge in [0.05, 0.1) is 12.5 Å². The van der Waals surface area contributed by atoms with Crippen LogP contribution in [0.4, 0.5) is 5.69 Å². The second kappa shape index (κ2) is 6.68. The Kier molecular flexibility index (Phi) is 4.68. The number of hydrogen-bond acceptors (Lipinski definition) is 4. The van der Waals surface area contributed by atoms with Crippen molar-refractivity contribution in [1.29, 1.82) is 0 Å². The molecule has 0 spiro atoms. The van der Waals surface area contributed by atoms with Gasteiger partial charge in [0.2, 0.25) is 5.91 Å². The second-order valence-electron chi connectivity index (χ2n) is 4.52. The highest BCUT2D eigenvalue weighted by atomic mass is 16.3. The van der Waals surface area contributed by atoms with Gasteiger partial charge in [0.25, 0.3) is 0 Å². The molecule has 5 nitrogen and oxygen atoms in total. The lowest BCUT2D eigenvalue weighted by molar-refractivity contribution is -0.120. The molecule has 2 rings (SSSR count). The van der Waals surface area contributed by atoms with Gasteiger partial charge in [0.1, 0.15) is 0 Å². The highest BCUT2D eigenvalue weighted by molar-refractivity contribution is 5.78. The Morgan fingerprint density at radius 1 is 1.30 bits per heavy atom. The summed E-state index contributed by atoms with van der Waals surface area (Å²) in [6, 6.07) is 10.7. The standard InChI is InChI=1S/C15H17N3O2/c16-13-5-3-11(4-6-13)8-15(20)18-10-14(19)12-2-1-7-17-9-12/h1-7,9,14,19H,8,10,16H2,(H,18,20)/t14-/m0/s1. The zero-order valence-electron chi connectivity index (χ0n) is 11.0. The van der Waals surface area contributed by atoms with Gasteiger partial charge < -0.3 is 16.2 Å². The number of amides is 1. The fraction of sp³-hybridized carbons (Fsp3) is 0.200. The number of carbonyl (C=O) groups excluding carboxylic acids is 1. The average molecular weight is 271 g/mol. The number of aromatic nitrogens is 1. The van der Waals surface area contributed by atoms with Crippen molar-refractivity contribution in [3.05, 3.63) is 59.9 Å². The Hall–Kier alpha value is -2.40. The molecule has 4 N–H and O–H groups in total. The van der Waals surface area contributed by atoms with E-state index in [1.807, 2.05) is 12.1 Å². The van der Waals surface area contributed by atoms with Crippen LogP contribution < -0.4 is 11.1 Å². The molecular weight excluding hydrogens is 254 g/mol. The van der Waals surface area contributed by atoms with E-state index < -0.39 is 6.10 Å². The van der Waals surface area contributed by atoms with Crippen molar-refractivity contribution in [2.45, 2.75) is 12.5 Å². The lowest BCUT2D eigenvalue weighted by atomic mass is 10.1. The van der Waals surface area contributed by atoms with Crippen molar-refractivity contribution in [3.63, 3.8) is 0 Å². The van der Waals surface area contributed by atoms with Gasteiger partial charge in [-0.25, -0.2) is 0 Å². The normalized spacial score (nSPS) is 11.8. The third-order valence-corrected chi connectivity index (χ3v) is 2.91. The summed E-state index contributed by atoms with van der Waals surface area (Å²) in [5.41, 5.74) is 7.81. The Bertz CT molecular complexity index is 555. The van der Waals surface area contributed by atoms with Crippen LogP contribution >= 0.6 is 0 Å². The molecular formula is C15H17N3O2. The van der Waals surface area contributed by atoms with Gasteiger partial charge in [0, 0.05) is 30.2 Å². The van der Waals surface area contributed by atoms with E-state index in [1.165, 1.54) is 0 Å². The summed E-state index contributed by atoms with van der Waals surface area (Å²) in [7, 11) is 0. The summed E-state index contributed by atoms with van der Waals surface area (Å²) >= 11 is 0. The van der Waals surface area contributed by atoms with E-state index in [4.69, 9.17) is 5.73 Å². The number of nitrogens with two attached hydrogens (primary N) is 1. The van der Waals surface area contributed by atoms with Gasteiger partial charge in [-0.15, -0.1) is 0 Å². The molecule has 0 unspecified atom stereocenters. The first-order valence-corrected chi connectivity index (χ1v) is 6.34. The van der Waals surface area contributed by atoms with Gasteiger partial charge in [-0.1, -0.05) is 18.2 Å². The molecule has 1 heterocycles. The largest absolute Gasteiger partial charge is 0.399 e. The number of aliphatic hydroxyl groups excluding tert-OH is 1. The minimum atomic E-state index is -0.751. The van der Waals surface area contributed by atoms with Crippen LogP contribution in [0.1, 0.15) is 17.2 Å². The fourth-order valence-corrected chi connectivity index (χ4v) is 1.78. The first-order valence-electron chi connectivity index (χ1n) is 6.34. The lowest BCUT2D eigenvalue weighted by Gasteiger charge is -2.11. The van der Waals surface area contributed by atoms with Crippen LogP contribution in [0.15, 0.2) is 48.8 Å². The predicted octanol–water partition coefficient (Wildman–Crippen LogP) is 1.06. The molecule has 1 amide bonds. The van der Waals surface area contributed by atoms with Crippen LogP contribution in [-0.4, -0.2) is 22.5 Å². The Morgan fingerprint density at radius 3 is 2.70 bits per heavy atom. The zero-order valence-corrected chi connectivity index (χ0v) is 11.0. The molecule has 0 aliphatic carbocycles. The lowest BCUT2D eigenvalue weighted by Crippen LogP contribution is -2.29. The van der Waals surface area contributed by atoms with E-state index in [1.54, 1.807) is 36.7 Å². The number of nitrogens with zero attached hydrogens (tertiary/aromatic N) is 1. The number of rotatable bonds is 5. The molecule has 1 aromatic heterocycles. The van der Waals surface area contributed by atoms with Crippen LogP contribution in [0, 0.1) is 0 Å². The van der Waals surface area contributed by atoms with Crippen molar-refractivity contribution in [1.82, 2.24) is 10.3 Å². The monoisotopic (exact) mass is 271 g/mol. The molecule has 0 bridgehead atoms. The summed E-state index contributed by atoms with van der Waals surface area (Å²) < 4.78 is 0. The molecule has 5 heteroatoms. The molecule has 0 radical (unpaired) electrons. The van der Waals surface area contributed by atoms with Gasteiger partial charge in [-0.3, -0.25) is 9.78 Å². The third-order valence-electron chi connectivity index (χ3n) is 2.91. The van der Waals surface area contributed by atoms with Crippen molar-refractivity contribution < 1.29 is 9.90 Å². The Labute approximate surface area is 117 Å². The number of aliphatic hydroxyl groups is 1. The minimum Gasteiger partial charge on any atom is -0.399 e. The van der Waals surface area contributed by atoms with Crippen molar-refractivity contribution in [2.75, 3.05) is 12.3 Å². The zero-order chi connectivity index (χ0) is 14.4. The van der Waals surface area contributed by atoms with Crippen LogP contribution in [0.2, 0.25) is 0 Å². The van der Waals surface area contributed by atoms with Gasteiger partial charge in [-0.05, 0) is 23.8 Å². The summed E-state index contributed by atoms with van der Waals surface area (Å²) in [6.45, 7) is 0.166. The van der Waals surface area contributed by atoms with E-state index in [0.717, 1.165) is 5.56 Å².